The molecule has 1 fully saturated rings. The molecule has 0 aliphatic heterocycles. The fraction of sp³-hybridized carbons (Fsp3) is 0.464. The number of amides is 2. The lowest BCUT2D eigenvalue weighted by atomic mass is 9.83. The summed E-state index contributed by atoms with van der Waals surface area (Å²) < 4.78 is 5.69. The van der Waals surface area contributed by atoms with Crippen LogP contribution in [0, 0.1) is 11.8 Å². The molecule has 4 rings (SSSR count). The van der Waals surface area contributed by atoms with Crippen LogP contribution in [-0.4, -0.2) is 53.7 Å². The summed E-state index contributed by atoms with van der Waals surface area (Å²) in [5, 5.41) is 12.2. The number of ether oxygens (including phenoxy) is 1. The SMILES string of the molecule is CC(C)CN(CC(=O)O)C(=O)[C@@H]1CCCC[C@@H]1NC(=O)OCC1c2ccccc2-c2ccccc21. The Hall–Kier alpha value is -3.35. The molecular weight excluding hydrogens is 444 g/mol. The van der Waals surface area contributed by atoms with E-state index in [1.165, 1.54) is 16.0 Å². The van der Waals surface area contributed by atoms with Crippen molar-refractivity contribution in [3.05, 3.63) is 59.7 Å². The molecule has 7 nitrogen and oxygen atoms in total. The first-order valence-corrected chi connectivity index (χ1v) is 12.5. The molecule has 0 heterocycles. The first-order chi connectivity index (χ1) is 16.8. The highest BCUT2D eigenvalue weighted by molar-refractivity contribution is 5.84. The highest BCUT2D eigenvalue weighted by Gasteiger charge is 2.36. The maximum absolute atomic E-state index is 13.3. The molecule has 2 aliphatic carbocycles. The summed E-state index contributed by atoms with van der Waals surface area (Å²) in [7, 11) is 0. The Balaban J connectivity index is 1.41. The molecule has 2 aliphatic rings. The number of benzene rings is 2. The van der Waals surface area contributed by atoms with Gasteiger partial charge < -0.3 is 20.1 Å². The van der Waals surface area contributed by atoms with E-state index in [2.05, 4.69) is 29.6 Å². The van der Waals surface area contributed by atoms with E-state index in [0.29, 0.717) is 19.4 Å². The smallest absolute Gasteiger partial charge is 0.407 e. The summed E-state index contributed by atoms with van der Waals surface area (Å²) in [4.78, 5) is 38.9. The van der Waals surface area contributed by atoms with E-state index in [4.69, 9.17) is 4.74 Å². The normalized spacial score (nSPS) is 19.1. The van der Waals surface area contributed by atoms with Gasteiger partial charge in [0.15, 0.2) is 0 Å². The number of carbonyl (C=O) groups is 3. The molecule has 0 aromatic heterocycles. The van der Waals surface area contributed by atoms with Crippen LogP contribution in [0.15, 0.2) is 48.5 Å². The lowest BCUT2D eigenvalue weighted by Crippen LogP contribution is -2.51. The van der Waals surface area contributed by atoms with E-state index in [1.807, 2.05) is 38.1 Å². The molecule has 186 valence electrons. The number of nitrogens with one attached hydrogen (secondary N) is 1. The van der Waals surface area contributed by atoms with Gasteiger partial charge >= 0.3 is 12.1 Å². The van der Waals surface area contributed by atoms with E-state index in [0.717, 1.165) is 24.0 Å². The third kappa shape index (κ3) is 5.66. The number of hydrogen-bond acceptors (Lipinski definition) is 4. The zero-order chi connectivity index (χ0) is 24.9. The highest BCUT2D eigenvalue weighted by atomic mass is 16.5. The van der Waals surface area contributed by atoms with Crippen molar-refractivity contribution in [3.8, 4) is 11.1 Å². The second-order valence-electron chi connectivity index (χ2n) is 9.97. The van der Waals surface area contributed by atoms with Crippen molar-refractivity contribution < 1.29 is 24.2 Å². The van der Waals surface area contributed by atoms with Gasteiger partial charge in [-0.05, 0) is 41.0 Å². The Kier molecular flexibility index (Phi) is 7.73. The molecule has 1 saturated carbocycles. The van der Waals surface area contributed by atoms with Crippen LogP contribution < -0.4 is 5.32 Å². The Morgan fingerprint density at radius 1 is 1.00 bits per heavy atom. The van der Waals surface area contributed by atoms with Crippen molar-refractivity contribution in [1.29, 1.82) is 0 Å². The third-order valence-corrected chi connectivity index (χ3v) is 6.95. The van der Waals surface area contributed by atoms with Gasteiger partial charge in [-0.2, -0.15) is 0 Å². The number of fused-ring (bicyclic) bond motifs is 3. The van der Waals surface area contributed by atoms with Crippen LogP contribution in [0.1, 0.15) is 56.6 Å². The van der Waals surface area contributed by atoms with E-state index in [9.17, 15) is 19.5 Å². The van der Waals surface area contributed by atoms with Gasteiger partial charge in [-0.1, -0.05) is 75.2 Å². The molecule has 2 aromatic carbocycles. The Morgan fingerprint density at radius 3 is 2.20 bits per heavy atom. The number of aliphatic carboxylic acids is 1. The predicted molar refractivity (Wildman–Crippen MR) is 133 cm³/mol. The average molecular weight is 479 g/mol. The van der Waals surface area contributed by atoms with Gasteiger partial charge in [0.1, 0.15) is 13.2 Å². The maximum atomic E-state index is 13.3. The summed E-state index contributed by atoms with van der Waals surface area (Å²) in [6.45, 7) is 4.17. The summed E-state index contributed by atoms with van der Waals surface area (Å²) >= 11 is 0. The van der Waals surface area contributed by atoms with Crippen molar-refractivity contribution >= 4 is 18.0 Å². The van der Waals surface area contributed by atoms with Gasteiger partial charge in [0.25, 0.3) is 0 Å². The van der Waals surface area contributed by atoms with Crippen LogP contribution >= 0.6 is 0 Å². The Labute approximate surface area is 206 Å². The van der Waals surface area contributed by atoms with E-state index in [-0.39, 0.29) is 36.9 Å². The highest BCUT2D eigenvalue weighted by Crippen LogP contribution is 2.44. The van der Waals surface area contributed by atoms with Crippen LogP contribution in [-0.2, 0) is 14.3 Å². The molecule has 0 bridgehead atoms. The van der Waals surface area contributed by atoms with Gasteiger partial charge in [0.2, 0.25) is 5.91 Å². The van der Waals surface area contributed by atoms with Gasteiger partial charge in [0, 0.05) is 18.5 Å². The van der Waals surface area contributed by atoms with Crippen LogP contribution in [0.5, 0.6) is 0 Å². The van der Waals surface area contributed by atoms with Gasteiger partial charge in [0.05, 0.1) is 5.92 Å². The van der Waals surface area contributed by atoms with Crippen molar-refractivity contribution in [2.24, 2.45) is 11.8 Å². The number of carboxylic acids is 1. The molecule has 0 spiro atoms. The van der Waals surface area contributed by atoms with Crippen molar-refractivity contribution in [2.45, 2.75) is 51.5 Å². The molecule has 2 aromatic rings. The number of carbonyl (C=O) groups excluding carboxylic acids is 2. The minimum Gasteiger partial charge on any atom is -0.480 e. The number of nitrogens with zero attached hydrogens (tertiary/aromatic N) is 1. The molecular formula is C28H34N2O5. The monoisotopic (exact) mass is 478 g/mol. The van der Waals surface area contributed by atoms with Crippen LogP contribution in [0.3, 0.4) is 0 Å². The molecule has 2 N–H and O–H groups in total. The number of alkyl carbamates (subject to hydrolysis) is 1. The van der Waals surface area contributed by atoms with E-state index >= 15 is 0 Å². The fourth-order valence-electron chi connectivity index (χ4n) is 5.46. The van der Waals surface area contributed by atoms with Gasteiger partial charge in [-0.15, -0.1) is 0 Å². The summed E-state index contributed by atoms with van der Waals surface area (Å²) in [5.41, 5.74) is 4.62. The fourth-order valence-corrected chi connectivity index (χ4v) is 5.46. The Morgan fingerprint density at radius 2 is 1.60 bits per heavy atom. The van der Waals surface area contributed by atoms with E-state index < -0.39 is 18.0 Å². The van der Waals surface area contributed by atoms with Gasteiger partial charge in [-0.3, -0.25) is 9.59 Å². The number of rotatable bonds is 8. The largest absolute Gasteiger partial charge is 0.480 e. The first-order valence-electron chi connectivity index (χ1n) is 12.5. The minimum atomic E-state index is -1.03. The predicted octanol–water partition coefficient (Wildman–Crippen LogP) is 4.65. The molecule has 35 heavy (non-hydrogen) atoms. The van der Waals surface area contributed by atoms with Crippen LogP contribution in [0.25, 0.3) is 11.1 Å². The minimum absolute atomic E-state index is 0.0333. The van der Waals surface area contributed by atoms with Crippen LogP contribution in [0.2, 0.25) is 0 Å². The molecule has 2 atom stereocenters. The second kappa shape index (κ2) is 10.9. The number of hydrogen-bond donors (Lipinski definition) is 2. The zero-order valence-electron chi connectivity index (χ0n) is 20.4. The average Bonchev–Trinajstić information content (AvgIpc) is 3.15. The van der Waals surface area contributed by atoms with Crippen LogP contribution in [0.4, 0.5) is 4.79 Å². The molecule has 0 radical (unpaired) electrons. The molecule has 0 unspecified atom stereocenters. The molecule has 0 saturated heterocycles. The quantitative estimate of drug-likeness (QED) is 0.576. The number of carboxylic acid groups (broad SMARTS) is 1. The topological polar surface area (TPSA) is 95.9 Å². The third-order valence-electron chi connectivity index (χ3n) is 6.95. The Bertz CT molecular complexity index is 1040. The van der Waals surface area contributed by atoms with Crippen molar-refractivity contribution in [1.82, 2.24) is 10.2 Å². The maximum Gasteiger partial charge on any atom is 0.407 e. The summed E-state index contributed by atoms with van der Waals surface area (Å²) in [5.74, 6) is -1.56. The first kappa shape index (κ1) is 24.8. The lowest BCUT2D eigenvalue weighted by molar-refractivity contribution is -0.147. The standard InChI is InChI=1S/C28H34N2O5/c1-18(2)15-30(16-26(31)32)27(33)23-13-7-8-14-25(23)29-28(34)35-17-24-21-11-5-3-9-19(21)20-10-4-6-12-22(20)24/h3-6,9-12,18,23-25H,7-8,13-17H2,1-2H3,(H,29,34)(H,31,32)/t23-,25+/m1/s1. The summed E-state index contributed by atoms with van der Waals surface area (Å²) in [6.07, 6.45) is 2.54. The zero-order valence-corrected chi connectivity index (χ0v) is 20.4. The summed E-state index contributed by atoms with van der Waals surface area (Å²) in [6, 6.07) is 16.0. The van der Waals surface area contributed by atoms with E-state index in [1.54, 1.807) is 0 Å². The van der Waals surface area contributed by atoms with Crippen molar-refractivity contribution in [2.75, 3.05) is 19.7 Å². The molecule has 2 amide bonds. The molecule has 7 heteroatoms. The second-order valence-corrected chi connectivity index (χ2v) is 9.97. The van der Waals surface area contributed by atoms with Gasteiger partial charge in [-0.25, -0.2) is 4.79 Å². The lowest BCUT2D eigenvalue weighted by Gasteiger charge is -2.35. The van der Waals surface area contributed by atoms with Crippen molar-refractivity contribution in [3.63, 3.8) is 0 Å².